The molecule has 2 aliphatic rings. The van der Waals surface area contributed by atoms with E-state index in [1.54, 1.807) is 6.92 Å². The van der Waals surface area contributed by atoms with E-state index in [1.165, 1.54) is 0 Å². The van der Waals surface area contributed by atoms with Gasteiger partial charge in [0.15, 0.2) is 14.4 Å². The van der Waals surface area contributed by atoms with Gasteiger partial charge in [0, 0.05) is 23.5 Å². The molecule has 1 amide bonds. The van der Waals surface area contributed by atoms with Crippen LogP contribution in [0.4, 0.5) is 4.79 Å². The predicted molar refractivity (Wildman–Crippen MR) is 131 cm³/mol. The van der Waals surface area contributed by atoms with Gasteiger partial charge in [-0.15, -0.1) is 0 Å². The second-order valence-electron chi connectivity index (χ2n) is 11.7. The highest BCUT2D eigenvalue weighted by Crippen LogP contribution is 2.52. The lowest BCUT2D eigenvalue weighted by Crippen LogP contribution is -2.58. The molecule has 1 saturated heterocycles. The first-order valence-electron chi connectivity index (χ1n) is 12.3. The summed E-state index contributed by atoms with van der Waals surface area (Å²) in [4.78, 5) is 25.8. The van der Waals surface area contributed by atoms with Crippen molar-refractivity contribution in [2.75, 3.05) is 13.2 Å². The fourth-order valence-electron chi connectivity index (χ4n) is 5.50. The minimum Gasteiger partial charge on any atom is -0.462 e. The van der Waals surface area contributed by atoms with Crippen LogP contribution in [-0.2, 0) is 20.5 Å². The molecule has 184 valence electrons. The van der Waals surface area contributed by atoms with Crippen molar-refractivity contribution >= 4 is 20.4 Å². The lowest BCUT2D eigenvalue weighted by Gasteiger charge is -2.43. The van der Waals surface area contributed by atoms with Crippen molar-refractivity contribution in [3.8, 4) is 0 Å². The summed E-state index contributed by atoms with van der Waals surface area (Å²) < 4.78 is 11.8. The van der Waals surface area contributed by atoms with Crippen molar-refractivity contribution in [1.82, 2.24) is 0 Å². The molecule has 1 aliphatic heterocycles. The van der Waals surface area contributed by atoms with Crippen molar-refractivity contribution in [3.05, 3.63) is 35.9 Å². The highest BCUT2D eigenvalue weighted by molar-refractivity contribution is 6.74. The topological polar surface area (TPSA) is 72.8 Å². The molecule has 1 aromatic rings. The Labute approximate surface area is 200 Å². The first kappa shape index (κ1) is 25.9. The molecule has 0 bridgehead atoms. The van der Waals surface area contributed by atoms with E-state index in [9.17, 15) is 14.7 Å². The Morgan fingerprint density at radius 1 is 1.15 bits per heavy atom. The molecule has 6 nitrogen and oxygen atoms in total. The Bertz CT molecular complexity index is 842. The van der Waals surface area contributed by atoms with Gasteiger partial charge >= 0.3 is 12.1 Å². The van der Waals surface area contributed by atoms with Crippen LogP contribution in [0.2, 0.25) is 18.1 Å². The van der Waals surface area contributed by atoms with Gasteiger partial charge in [0.05, 0.1) is 13.2 Å². The van der Waals surface area contributed by atoms with Crippen molar-refractivity contribution in [2.45, 2.75) is 96.6 Å². The molecule has 1 spiro atoms. The number of nitrogens with zero attached hydrogens (tertiary/aromatic N) is 1. The molecule has 1 saturated carbocycles. The van der Waals surface area contributed by atoms with Crippen molar-refractivity contribution < 1.29 is 28.3 Å². The molecule has 0 aromatic heterocycles. The monoisotopic (exact) mass is 476 g/mol. The summed E-state index contributed by atoms with van der Waals surface area (Å²) in [5, 5.41) is 10.6. The maximum Gasteiger partial charge on any atom is 0.514 e. The highest BCUT2D eigenvalue weighted by Gasteiger charge is 2.63. The molecule has 0 radical (unpaired) electrons. The van der Waals surface area contributed by atoms with Crippen molar-refractivity contribution in [2.24, 2.45) is 5.41 Å². The maximum atomic E-state index is 13.0. The van der Waals surface area contributed by atoms with Gasteiger partial charge in [-0.1, -0.05) is 51.1 Å². The maximum absolute atomic E-state index is 13.0. The second kappa shape index (κ2) is 9.51. The molecule has 1 aromatic carbocycles. The van der Waals surface area contributed by atoms with Crippen LogP contribution in [0.15, 0.2) is 30.3 Å². The Balaban J connectivity index is 1.83. The van der Waals surface area contributed by atoms with E-state index in [0.717, 1.165) is 31.2 Å². The van der Waals surface area contributed by atoms with Gasteiger partial charge in [0.2, 0.25) is 0 Å². The number of hydrogen-bond acceptors (Lipinski definition) is 4. The van der Waals surface area contributed by atoms with Crippen LogP contribution in [-0.4, -0.2) is 55.3 Å². The lowest BCUT2D eigenvalue weighted by molar-refractivity contribution is -0.877. The minimum atomic E-state index is -1.85. The van der Waals surface area contributed by atoms with Crippen molar-refractivity contribution in [3.63, 3.8) is 0 Å². The average Bonchev–Trinajstić information content (AvgIpc) is 3.05. The summed E-state index contributed by atoms with van der Waals surface area (Å²) in [5.74, 6) is -0.382. The smallest absolute Gasteiger partial charge is 0.462 e. The van der Waals surface area contributed by atoms with E-state index in [1.807, 2.05) is 30.3 Å². The van der Waals surface area contributed by atoms with Crippen LogP contribution >= 0.6 is 0 Å². The number of benzene rings is 1. The standard InChI is InChI=1S/C26H41NO5Si/c1-7-31-23(28)22-17-26(15-13-21(14-16-26)32-33(5,6)25(2,3)4)19-27(22,24(29)30)18-20-11-9-8-10-12-20/h8-12,21-22H,7,13-19H2,1-6H3/p+1. The molecule has 1 heterocycles. The zero-order valence-electron chi connectivity index (χ0n) is 21.2. The number of amides is 1. The molecule has 1 aliphatic carbocycles. The Morgan fingerprint density at radius 3 is 2.27 bits per heavy atom. The normalized spacial score (nSPS) is 30.4. The molecular weight excluding hydrogens is 434 g/mol. The fraction of sp³-hybridized carbons (Fsp3) is 0.692. The number of esters is 1. The number of hydrogen-bond donors (Lipinski definition) is 1. The van der Waals surface area contributed by atoms with Crippen molar-refractivity contribution in [1.29, 1.82) is 0 Å². The summed E-state index contributed by atoms with van der Waals surface area (Å²) in [6.45, 7) is 14.1. The number of quaternary nitrogens is 1. The van der Waals surface area contributed by atoms with Gasteiger partial charge in [-0.25, -0.2) is 9.28 Å². The van der Waals surface area contributed by atoms with Crippen LogP contribution in [0.1, 0.15) is 65.4 Å². The van der Waals surface area contributed by atoms with Gasteiger partial charge in [-0.3, -0.25) is 0 Å². The minimum absolute atomic E-state index is 0.162. The average molecular weight is 477 g/mol. The molecule has 33 heavy (non-hydrogen) atoms. The van der Waals surface area contributed by atoms with Gasteiger partial charge in [-0.05, 0) is 50.7 Å². The quantitative estimate of drug-likeness (QED) is 0.311. The summed E-state index contributed by atoms with van der Waals surface area (Å²) in [7, 11) is -1.85. The Hall–Kier alpha value is -1.70. The van der Waals surface area contributed by atoms with Gasteiger partial charge in [0.25, 0.3) is 0 Å². The molecule has 2 unspecified atom stereocenters. The van der Waals surface area contributed by atoms with E-state index >= 15 is 0 Å². The Kier molecular flexibility index (Phi) is 7.47. The largest absolute Gasteiger partial charge is 0.514 e. The SMILES string of the molecule is CCOC(=O)C1CC2(CCC(O[Si](C)(C)C(C)(C)C)CC2)C[N+]1(Cc1ccccc1)C(=O)O. The third-order valence-electron chi connectivity index (χ3n) is 8.35. The number of rotatable bonds is 6. The van der Waals surface area contributed by atoms with Crippen LogP contribution < -0.4 is 0 Å². The molecule has 2 atom stereocenters. The van der Waals surface area contributed by atoms with E-state index in [0.29, 0.717) is 19.5 Å². The summed E-state index contributed by atoms with van der Waals surface area (Å²) in [5.41, 5.74) is 0.763. The second-order valence-corrected chi connectivity index (χ2v) is 16.4. The first-order valence-corrected chi connectivity index (χ1v) is 15.2. The summed E-state index contributed by atoms with van der Waals surface area (Å²) in [6.07, 6.45) is 3.49. The van der Waals surface area contributed by atoms with Crippen LogP contribution in [0.3, 0.4) is 0 Å². The van der Waals surface area contributed by atoms with E-state index in [4.69, 9.17) is 9.16 Å². The number of likely N-dealkylation sites (tertiary alicyclic amines) is 1. The lowest BCUT2D eigenvalue weighted by atomic mass is 9.72. The molecule has 1 N–H and O–H groups in total. The van der Waals surface area contributed by atoms with E-state index in [2.05, 4.69) is 33.9 Å². The van der Waals surface area contributed by atoms with Gasteiger partial charge in [-0.2, -0.15) is 4.79 Å². The summed E-state index contributed by atoms with van der Waals surface area (Å²) >= 11 is 0. The number of carbonyl (C=O) groups is 2. The zero-order valence-corrected chi connectivity index (χ0v) is 22.2. The third-order valence-corrected chi connectivity index (χ3v) is 12.9. The molecule has 7 heteroatoms. The van der Waals surface area contributed by atoms with E-state index < -0.39 is 20.5 Å². The van der Waals surface area contributed by atoms with Gasteiger partial charge < -0.3 is 14.3 Å². The number of ether oxygens (including phenoxy) is 1. The molecule has 2 fully saturated rings. The fourth-order valence-corrected chi connectivity index (χ4v) is 6.93. The van der Waals surface area contributed by atoms with Crippen LogP contribution in [0.25, 0.3) is 0 Å². The van der Waals surface area contributed by atoms with Crippen LogP contribution in [0.5, 0.6) is 0 Å². The third kappa shape index (κ3) is 5.36. The van der Waals surface area contributed by atoms with E-state index in [-0.39, 0.29) is 33.6 Å². The highest BCUT2D eigenvalue weighted by atomic mass is 28.4. The first-order chi connectivity index (χ1) is 15.3. The number of carboxylic acid groups (broad SMARTS) is 1. The molecular formula is C26H42NO5Si+. The molecule has 3 rings (SSSR count). The zero-order chi connectivity index (χ0) is 24.5. The van der Waals surface area contributed by atoms with Crippen LogP contribution in [0, 0.1) is 5.41 Å². The predicted octanol–water partition coefficient (Wildman–Crippen LogP) is 5.97. The van der Waals surface area contributed by atoms with Gasteiger partial charge in [0.1, 0.15) is 6.54 Å². The summed E-state index contributed by atoms with van der Waals surface area (Å²) in [6, 6.07) is 8.97. The Morgan fingerprint density at radius 2 is 1.76 bits per heavy atom. The number of carbonyl (C=O) groups excluding carboxylic acids is 1.